The molecule has 1 unspecified atom stereocenters. The van der Waals surface area contributed by atoms with Crippen LogP contribution >= 0.6 is 0 Å². The van der Waals surface area contributed by atoms with Crippen LogP contribution in [0.5, 0.6) is 0 Å². The Morgan fingerprint density at radius 2 is 2.31 bits per heavy atom. The second-order valence-electron chi connectivity index (χ2n) is 5.16. The van der Waals surface area contributed by atoms with Gasteiger partial charge < -0.3 is 16.4 Å². The monoisotopic (exact) mass is 227 g/mol. The summed E-state index contributed by atoms with van der Waals surface area (Å²) in [5.74, 6) is 0.605. The molecule has 0 saturated carbocycles. The van der Waals surface area contributed by atoms with Crippen molar-refractivity contribution in [1.29, 1.82) is 0 Å². The molecule has 0 aromatic carbocycles. The van der Waals surface area contributed by atoms with E-state index in [0.29, 0.717) is 19.0 Å². The second kappa shape index (κ2) is 6.21. The van der Waals surface area contributed by atoms with Gasteiger partial charge in [-0.15, -0.1) is 0 Å². The van der Waals surface area contributed by atoms with Gasteiger partial charge in [0.15, 0.2) is 0 Å². The van der Waals surface area contributed by atoms with Crippen LogP contribution in [0.1, 0.15) is 33.1 Å². The van der Waals surface area contributed by atoms with Crippen LogP contribution in [-0.4, -0.2) is 32.1 Å². The Bertz CT molecular complexity index is 222. The van der Waals surface area contributed by atoms with Crippen LogP contribution in [0.4, 0.5) is 0 Å². The Hall–Kier alpha value is -0.610. The summed E-state index contributed by atoms with van der Waals surface area (Å²) in [7, 11) is 0. The molecule has 4 nitrogen and oxygen atoms in total. The third-order valence-electron chi connectivity index (χ3n) is 3.57. The number of amides is 1. The van der Waals surface area contributed by atoms with Crippen LogP contribution in [0.3, 0.4) is 0 Å². The summed E-state index contributed by atoms with van der Waals surface area (Å²) < 4.78 is 0. The minimum Gasteiger partial charge on any atom is -0.356 e. The number of carbonyl (C=O) groups is 1. The van der Waals surface area contributed by atoms with Gasteiger partial charge in [-0.25, -0.2) is 0 Å². The Kier molecular flexibility index (Phi) is 5.22. The molecule has 0 aromatic heterocycles. The highest BCUT2D eigenvalue weighted by Gasteiger charge is 2.36. The summed E-state index contributed by atoms with van der Waals surface area (Å²) in [4.78, 5) is 12.1. The minimum absolute atomic E-state index is 0.162. The van der Waals surface area contributed by atoms with Gasteiger partial charge in [0, 0.05) is 12.0 Å². The lowest BCUT2D eigenvalue weighted by Gasteiger charge is -2.36. The molecule has 1 heterocycles. The van der Waals surface area contributed by atoms with E-state index in [1.54, 1.807) is 0 Å². The topological polar surface area (TPSA) is 67.2 Å². The molecule has 1 atom stereocenters. The number of nitrogens with two attached hydrogens (primary N) is 1. The summed E-state index contributed by atoms with van der Waals surface area (Å²) in [6.45, 7) is 7.45. The van der Waals surface area contributed by atoms with Gasteiger partial charge in [-0.05, 0) is 44.8 Å². The molecule has 1 aliphatic rings. The molecule has 0 spiro atoms. The molecular formula is C12H25N3O. The molecule has 0 bridgehead atoms. The van der Waals surface area contributed by atoms with Gasteiger partial charge in [-0.3, -0.25) is 4.79 Å². The molecule has 0 aliphatic carbocycles. The highest BCUT2D eigenvalue weighted by Crippen LogP contribution is 2.31. The molecule has 0 aromatic rings. The van der Waals surface area contributed by atoms with Crippen LogP contribution in [0, 0.1) is 11.3 Å². The van der Waals surface area contributed by atoms with E-state index in [2.05, 4.69) is 10.6 Å². The first-order valence-corrected chi connectivity index (χ1v) is 6.28. The predicted octanol–water partition coefficient (Wildman–Crippen LogP) is 0.477. The number of rotatable bonds is 5. The van der Waals surface area contributed by atoms with Crippen molar-refractivity contribution in [3.8, 4) is 0 Å². The van der Waals surface area contributed by atoms with Crippen molar-refractivity contribution in [1.82, 2.24) is 10.6 Å². The van der Waals surface area contributed by atoms with E-state index in [9.17, 15) is 4.79 Å². The minimum atomic E-state index is -0.276. The molecule has 0 radical (unpaired) electrons. The fourth-order valence-corrected chi connectivity index (χ4v) is 2.19. The van der Waals surface area contributed by atoms with Gasteiger partial charge >= 0.3 is 0 Å². The lowest BCUT2D eigenvalue weighted by Crippen LogP contribution is -2.47. The Morgan fingerprint density at radius 1 is 1.56 bits per heavy atom. The van der Waals surface area contributed by atoms with Crippen molar-refractivity contribution < 1.29 is 4.79 Å². The fraction of sp³-hybridized carbons (Fsp3) is 0.917. The van der Waals surface area contributed by atoms with Crippen molar-refractivity contribution in [3.63, 3.8) is 0 Å². The zero-order chi connectivity index (χ0) is 12.0. The Morgan fingerprint density at radius 3 is 2.88 bits per heavy atom. The molecule has 4 N–H and O–H groups in total. The third-order valence-corrected chi connectivity index (χ3v) is 3.57. The zero-order valence-corrected chi connectivity index (χ0v) is 10.5. The maximum atomic E-state index is 12.1. The lowest BCUT2D eigenvalue weighted by molar-refractivity contribution is -0.132. The first-order chi connectivity index (χ1) is 7.59. The zero-order valence-electron chi connectivity index (χ0n) is 10.5. The van der Waals surface area contributed by atoms with E-state index in [4.69, 9.17) is 5.73 Å². The van der Waals surface area contributed by atoms with E-state index in [1.807, 2.05) is 13.8 Å². The average Bonchev–Trinajstić information content (AvgIpc) is 2.30. The number of hydrogen-bond donors (Lipinski definition) is 3. The van der Waals surface area contributed by atoms with Gasteiger partial charge in [0.2, 0.25) is 5.91 Å². The standard InChI is InChI=1S/C12H25N3O/c1-12(2,10-5-3-7-14-9-10)11(16)15-8-4-6-13/h10,14H,3-9,13H2,1-2H3,(H,15,16). The van der Waals surface area contributed by atoms with Crippen molar-refractivity contribution >= 4 is 5.91 Å². The van der Waals surface area contributed by atoms with Gasteiger partial charge in [0.05, 0.1) is 0 Å². The summed E-state index contributed by atoms with van der Waals surface area (Å²) in [5.41, 5.74) is 5.13. The van der Waals surface area contributed by atoms with E-state index in [0.717, 1.165) is 25.9 Å². The van der Waals surface area contributed by atoms with E-state index < -0.39 is 0 Å². The maximum Gasteiger partial charge on any atom is 0.225 e. The third kappa shape index (κ3) is 3.46. The van der Waals surface area contributed by atoms with Crippen LogP contribution in [0.25, 0.3) is 0 Å². The molecule has 1 fully saturated rings. The smallest absolute Gasteiger partial charge is 0.225 e. The average molecular weight is 227 g/mol. The summed E-state index contributed by atoms with van der Waals surface area (Å²) in [5, 5.41) is 6.34. The van der Waals surface area contributed by atoms with Crippen LogP contribution < -0.4 is 16.4 Å². The van der Waals surface area contributed by atoms with E-state index in [1.165, 1.54) is 6.42 Å². The molecule has 1 amide bonds. The van der Waals surface area contributed by atoms with E-state index >= 15 is 0 Å². The van der Waals surface area contributed by atoms with Crippen molar-refractivity contribution in [2.45, 2.75) is 33.1 Å². The summed E-state index contributed by atoms with van der Waals surface area (Å²) in [6.07, 6.45) is 3.17. The van der Waals surface area contributed by atoms with Gasteiger partial charge in [-0.1, -0.05) is 13.8 Å². The van der Waals surface area contributed by atoms with Gasteiger partial charge in [0.25, 0.3) is 0 Å². The van der Waals surface area contributed by atoms with Crippen molar-refractivity contribution in [2.75, 3.05) is 26.2 Å². The summed E-state index contributed by atoms with van der Waals surface area (Å²) in [6, 6.07) is 0. The maximum absolute atomic E-state index is 12.1. The number of piperidine rings is 1. The van der Waals surface area contributed by atoms with Crippen LogP contribution in [0.15, 0.2) is 0 Å². The number of carbonyl (C=O) groups excluding carboxylic acids is 1. The normalized spacial score (nSPS) is 21.8. The van der Waals surface area contributed by atoms with E-state index in [-0.39, 0.29) is 11.3 Å². The first-order valence-electron chi connectivity index (χ1n) is 6.28. The van der Waals surface area contributed by atoms with Gasteiger partial charge in [0.1, 0.15) is 0 Å². The highest BCUT2D eigenvalue weighted by atomic mass is 16.2. The van der Waals surface area contributed by atoms with Crippen LogP contribution in [0.2, 0.25) is 0 Å². The quantitative estimate of drug-likeness (QED) is 0.598. The first kappa shape index (κ1) is 13.5. The molecule has 16 heavy (non-hydrogen) atoms. The number of nitrogens with one attached hydrogen (secondary N) is 2. The molecule has 4 heteroatoms. The highest BCUT2D eigenvalue weighted by molar-refractivity contribution is 5.82. The molecular weight excluding hydrogens is 202 g/mol. The van der Waals surface area contributed by atoms with Gasteiger partial charge in [-0.2, -0.15) is 0 Å². The molecule has 1 aliphatic heterocycles. The van der Waals surface area contributed by atoms with Crippen LogP contribution in [-0.2, 0) is 4.79 Å². The largest absolute Gasteiger partial charge is 0.356 e. The van der Waals surface area contributed by atoms with Crippen molar-refractivity contribution in [2.24, 2.45) is 17.1 Å². The fourth-order valence-electron chi connectivity index (χ4n) is 2.19. The predicted molar refractivity (Wildman–Crippen MR) is 66.1 cm³/mol. The van der Waals surface area contributed by atoms with Crippen molar-refractivity contribution in [3.05, 3.63) is 0 Å². The Balaban J connectivity index is 2.43. The Labute approximate surface area is 98.3 Å². The second-order valence-corrected chi connectivity index (χ2v) is 5.16. The lowest BCUT2D eigenvalue weighted by atomic mass is 9.74. The molecule has 94 valence electrons. The SMILES string of the molecule is CC(C)(C(=O)NCCCN)C1CCCNC1. The molecule has 1 rings (SSSR count). The number of hydrogen-bond acceptors (Lipinski definition) is 3. The summed E-state index contributed by atoms with van der Waals surface area (Å²) >= 11 is 0. The molecule has 1 saturated heterocycles.